The van der Waals surface area contributed by atoms with E-state index in [2.05, 4.69) is 4.98 Å². The van der Waals surface area contributed by atoms with Gasteiger partial charge in [-0.3, -0.25) is 4.79 Å². The van der Waals surface area contributed by atoms with Crippen LogP contribution in [0, 0.1) is 3.57 Å². The van der Waals surface area contributed by atoms with Gasteiger partial charge in [0.2, 0.25) is 0 Å². The van der Waals surface area contributed by atoms with Gasteiger partial charge in [0.15, 0.2) is 0 Å². The summed E-state index contributed by atoms with van der Waals surface area (Å²) in [6.07, 6.45) is 1.49. The van der Waals surface area contributed by atoms with E-state index in [-0.39, 0.29) is 5.56 Å². The maximum absolute atomic E-state index is 11.3. The number of carboxylic acids is 1. The van der Waals surface area contributed by atoms with Crippen LogP contribution in [0.25, 0.3) is 0 Å². The maximum atomic E-state index is 11.3. The number of carboxylic acid groups (broad SMARTS) is 1. The molecule has 76 valence electrons. The standard InChI is InChI=1S/C8H9IN2O3/c1-8(10,7(13)14)5-2-4(9)3-11-6(5)12/h2-3H,10H2,1H3,(H,11,12)(H,13,14)/t8-/m1/s1. The van der Waals surface area contributed by atoms with Crippen molar-refractivity contribution in [2.75, 3.05) is 0 Å². The van der Waals surface area contributed by atoms with Gasteiger partial charge in [-0.2, -0.15) is 0 Å². The summed E-state index contributed by atoms with van der Waals surface area (Å²) < 4.78 is 0.732. The molecule has 14 heavy (non-hydrogen) atoms. The van der Waals surface area contributed by atoms with Crippen molar-refractivity contribution in [3.8, 4) is 0 Å². The lowest BCUT2D eigenvalue weighted by Gasteiger charge is -2.18. The number of nitrogens with two attached hydrogens (primary N) is 1. The van der Waals surface area contributed by atoms with Crippen molar-refractivity contribution in [2.24, 2.45) is 5.73 Å². The van der Waals surface area contributed by atoms with Crippen molar-refractivity contribution in [2.45, 2.75) is 12.5 Å². The summed E-state index contributed by atoms with van der Waals surface area (Å²) in [4.78, 5) is 24.5. The van der Waals surface area contributed by atoms with Gasteiger partial charge in [-0.15, -0.1) is 0 Å². The normalized spacial score (nSPS) is 14.8. The Bertz CT molecular complexity index is 425. The summed E-state index contributed by atoms with van der Waals surface area (Å²) in [6.45, 7) is 1.29. The first kappa shape index (κ1) is 11.2. The molecule has 1 aromatic heterocycles. The molecule has 0 aliphatic heterocycles. The molecular weight excluding hydrogens is 299 g/mol. The van der Waals surface area contributed by atoms with Crippen molar-refractivity contribution in [1.82, 2.24) is 4.98 Å². The summed E-state index contributed by atoms with van der Waals surface area (Å²) in [5.74, 6) is -1.23. The smallest absolute Gasteiger partial charge is 0.328 e. The Labute approximate surface area is 93.5 Å². The number of H-pyrrole nitrogens is 1. The third kappa shape index (κ3) is 1.95. The summed E-state index contributed by atoms with van der Waals surface area (Å²) in [5, 5.41) is 8.83. The van der Waals surface area contributed by atoms with Crippen LogP contribution in [0.4, 0.5) is 0 Å². The Morgan fingerprint density at radius 2 is 2.29 bits per heavy atom. The van der Waals surface area contributed by atoms with Gasteiger partial charge in [-0.05, 0) is 35.6 Å². The number of rotatable bonds is 2. The largest absolute Gasteiger partial charge is 0.480 e. The van der Waals surface area contributed by atoms with E-state index in [9.17, 15) is 9.59 Å². The van der Waals surface area contributed by atoms with E-state index in [1.54, 1.807) is 0 Å². The maximum Gasteiger partial charge on any atom is 0.328 e. The zero-order valence-electron chi connectivity index (χ0n) is 7.37. The van der Waals surface area contributed by atoms with E-state index < -0.39 is 17.1 Å². The topological polar surface area (TPSA) is 96.2 Å². The van der Waals surface area contributed by atoms with Crippen molar-refractivity contribution >= 4 is 28.6 Å². The molecule has 0 saturated carbocycles. The molecule has 0 spiro atoms. The number of carbonyl (C=O) groups is 1. The molecule has 1 heterocycles. The molecule has 0 bridgehead atoms. The van der Waals surface area contributed by atoms with Gasteiger partial charge >= 0.3 is 5.97 Å². The lowest BCUT2D eigenvalue weighted by Crippen LogP contribution is -2.45. The van der Waals surface area contributed by atoms with Crippen molar-refractivity contribution < 1.29 is 9.90 Å². The van der Waals surface area contributed by atoms with Crippen molar-refractivity contribution in [3.05, 3.63) is 31.8 Å². The lowest BCUT2D eigenvalue weighted by molar-refractivity contribution is -0.143. The van der Waals surface area contributed by atoms with Crippen molar-refractivity contribution in [1.29, 1.82) is 0 Å². The van der Waals surface area contributed by atoms with Crippen LogP contribution in [0.15, 0.2) is 17.1 Å². The number of aromatic nitrogens is 1. The van der Waals surface area contributed by atoms with Crippen LogP contribution in [0.2, 0.25) is 0 Å². The van der Waals surface area contributed by atoms with Gasteiger partial charge in [0, 0.05) is 15.3 Å². The first-order chi connectivity index (χ1) is 6.35. The fourth-order valence-electron chi connectivity index (χ4n) is 0.958. The van der Waals surface area contributed by atoms with Gasteiger partial charge < -0.3 is 15.8 Å². The fourth-order valence-corrected chi connectivity index (χ4v) is 1.43. The average molecular weight is 308 g/mol. The van der Waals surface area contributed by atoms with Gasteiger partial charge in [0.1, 0.15) is 5.54 Å². The predicted octanol–water partition coefficient (Wildman–Crippen LogP) is 0.238. The average Bonchev–Trinajstić information content (AvgIpc) is 2.08. The Balaban J connectivity index is 3.39. The fraction of sp³-hybridized carbons (Fsp3) is 0.250. The molecule has 0 radical (unpaired) electrons. The van der Waals surface area contributed by atoms with Crippen LogP contribution in [-0.2, 0) is 10.3 Å². The van der Waals surface area contributed by atoms with Crippen LogP contribution in [0.5, 0.6) is 0 Å². The molecule has 0 amide bonds. The molecule has 0 aliphatic carbocycles. The summed E-state index contributed by atoms with van der Waals surface area (Å²) >= 11 is 1.97. The van der Waals surface area contributed by atoms with E-state index >= 15 is 0 Å². The van der Waals surface area contributed by atoms with Crippen molar-refractivity contribution in [3.63, 3.8) is 0 Å². The summed E-state index contributed by atoms with van der Waals surface area (Å²) in [7, 11) is 0. The monoisotopic (exact) mass is 308 g/mol. The van der Waals surface area contributed by atoms with Gasteiger partial charge in [0.05, 0.1) is 0 Å². The molecule has 1 rings (SSSR count). The highest BCUT2D eigenvalue weighted by Crippen LogP contribution is 2.15. The zero-order valence-corrected chi connectivity index (χ0v) is 9.53. The number of aromatic amines is 1. The Hall–Kier alpha value is -0.890. The number of hydrogen-bond donors (Lipinski definition) is 3. The molecule has 0 aromatic carbocycles. The van der Waals surface area contributed by atoms with E-state index in [1.165, 1.54) is 19.2 Å². The SMILES string of the molecule is C[C@](N)(C(=O)O)c1cc(I)c[nH]c1=O. The van der Waals surface area contributed by atoms with Crippen LogP contribution in [-0.4, -0.2) is 16.1 Å². The highest BCUT2D eigenvalue weighted by atomic mass is 127. The highest BCUT2D eigenvalue weighted by molar-refractivity contribution is 14.1. The van der Waals surface area contributed by atoms with E-state index in [4.69, 9.17) is 10.8 Å². The number of nitrogens with one attached hydrogen (secondary N) is 1. The number of hydrogen-bond acceptors (Lipinski definition) is 3. The molecule has 0 fully saturated rings. The molecule has 0 unspecified atom stereocenters. The summed E-state index contributed by atoms with van der Waals surface area (Å²) in [6, 6.07) is 1.47. The number of aliphatic carboxylic acids is 1. The van der Waals surface area contributed by atoms with Crippen LogP contribution in [0.3, 0.4) is 0 Å². The molecular formula is C8H9IN2O3. The minimum atomic E-state index is -1.66. The zero-order chi connectivity index (χ0) is 10.9. The van der Waals surface area contributed by atoms with E-state index in [0.717, 1.165) is 3.57 Å². The Morgan fingerprint density at radius 3 is 2.79 bits per heavy atom. The van der Waals surface area contributed by atoms with Gasteiger partial charge in [0.25, 0.3) is 5.56 Å². The molecule has 1 aromatic rings. The minimum Gasteiger partial charge on any atom is -0.480 e. The third-order valence-electron chi connectivity index (χ3n) is 1.87. The second-order valence-corrected chi connectivity index (χ2v) is 4.31. The van der Waals surface area contributed by atoms with E-state index in [1.807, 2.05) is 22.6 Å². The van der Waals surface area contributed by atoms with Gasteiger partial charge in [-0.25, -0.2) is 4.79 Å². The van der Waals surface area contributed by atoms with Crippen LogP contribution >= 0.6 is 22.6 Å². The molecule has 0 saturated heterocycles. The highest BCUT2D eigenvalue weighted by Gasteiger charge is 2.32. The predicted molar refractivity (Wildman–Crippen MR) is 59.0 cm³/mol. The second-order valence-electron chi connectivity index (χ2n) is 3.07. The lowest BCUT2D eigenvalue weighted by atomic mass is 9.95. The molecule has 4 N–H and O–H groups in total. The molecule has 1 atom stereocenters. The molecule has 5 nitrogen and oxygen atoms in total. The number of halogens is 1. The molecule has 6 heteroatoms. The first-order valence-electron chi connectivity index (χ1n) is 3.76. The number of pyridine rings is 1. The van der Waals surface area contributed by atoms with Crippen LogP contribution in [0.1, 0.15) is 12.5 Å². The van der Waals surface area contributed by atoms with Crippen LogP contribution < -0.4 is 11.3 Å². The summed E-state index contributed by atoms with van der Waals surface area (Å²) in [5.41, 5.74) is 3.45. The third-order valence-corrected chi connectivity index (χ3v) is 2.49. The Kier molecular flexibility index (Phi) is 2.95. The minimum absolute atomic E-state index is 0.0527. The first-order valence-corrected chi connectivity index (χ1v) is 4.84. The second kappa shape index (κ2) is 3.70. The molecule has 0 aliphatic rings. The Morgan fingerprint density at radius 1 is 1.71 bits per heavy atom. The van der Waals surface area contributed by atoms with Gasteiger partial charge in [-0.1, -0.05) is 0 Å². The quantitative estimate of drug-likeness (QED) is 0.682. The van der Waals surface area contributed by atoms with E-state index in [0.29, 0.717) is 0 Å².